The van der Waals surface area contributed by atoms with Gasteiger partial charge in [0.1, 0.15) is 0 Å². The van der Waals surface area contributed by atoms with Gasteiger partial charge in [-0.05, 0) is 43.9 Å². The van der Waals surface area contributed by atoms with Gasteiger partial charge in [0.15, 0.2) is 11.6 Å². The number of allylic oxidation sites excluding steroid dienone is 1. The summed E-state index contributed by atoms with van der Waals surface area (Å²) in [6.45, 7) is 7.12. The van der Waals surface area contributed by atoms with Gasteiger partial charge in [-0.3, -0.25) is 0 Å². The lowest BCUT2D eigenvalue weighted by Gasteiger charge is -2.35. The van der Waals surface area contributed by atoms with Crippen LogP contribution in [0.15, 0.2) is 12.2 Å². The zero-order valence-corrected chi connectivity index (χ0v) is 14.2. The van der Waals surface area contributed by atoms with E-state index >= 15 is 0 Å². The molecule has 0 aromatic heterocycles. The summed E-state index contributed by atoms with van der Waals surface area (Å²) in [6, 6.07) is 0. The van der Waals surface area contributed by atoms with Crippen LogP contribution >= 0.6 is 0 Å². The maximum Gasteiger partial charge on any atom is 0.169 e. The molecule has 0 radical (unpaired) electrons. The fourth-order valence-electron chi connectivity index (χ4n) is 4.39. The van der Waals surface area contributed by atoms with Crippen molar-refractivity contribution in [2.45, 2.75) is 75.8 Å². The summed E-state index contributed by atoms with van der Waals surface area (Å²) in [5, 5.41) is 0. The first kappa shape index (κ1) is 16.1. The Kier molecular flexibility index (Phi) is 4.29. The smallest absolute Gasteiger partial charge is 0.169 e. The second-order valence-corrected chi connectivity index (χ2v) is 7.97. The number of ether oxygens (including phenoxy) is 4. The standard InChI is InChI=1S/C10H16O2.C9H14O2/c1-2-9(1)3-5-10(6-4-9)11-7-8-12-10;1-8-2-4-9(5-3-8)10-6-7-11-9/h1-8H2;1-7H2. The quantitative estimate of drug-likeness (QED) is 0.633. The van der Waals surface area contributed by atoms with Crippen LogP contribution in [0.3, 0.4) is 0 Å². The molecule has 23 heavy (non-hydrogen) atoms. The topological polar surface area (TPSA) is 36.9 Å². The Hall–Kier alpha value is -0.420. The summed E-state index contributed by atoms with van der Waals surface area (Å²) in [5.74, 6) is -0.338. The number of hydrogen-bond donors (Lipinski definition) is 0. The SMILES string of the molecule is C1COC2(CCC3(CC3)CC2)O1.C=C1CCC2(CC1)OCCO2. The van der Waals surface area contributed by atoms with Gasteiger partial charge in [-0.25, -0.2) is 0 Å². The third-order valence-corrected chi connectivity index (χ3v) is 6.38. The molecular formula is C19H30O4. The van der Waals surface area contributed by atoms with Crippen LogP contribution in [0.25, 0.3) is 0 Å². The highest BCUT2D eigenvalue weighted by molar-refractivity contribution is 5.02. The molecule has 0 unspecified atom stereocenters. The molecule has 2 saturated heterocycles. The molecule has 0 amide bonds. The minimum absolute atomic E-state index is 0.131. The highest BCUT2D eigenvalue weighted by Crippen LogP contribution is 2.59. The molecule has 0 bridgehead atoms. The highest BCUT2D eigenvalue weighted by atomic mass is 16.7. The average molecular weight is 322 g/mol. The van der Waals surface area contributed by atoms with Crippen LogP contribution in [0, 0.1) is 5.41 Å². The van der Waals surface area contributed by atoms with Crippen LogP contribution in [-0.2, 0) is 18.9 Å². The number of rotatable bonds is 0. The average Bonchev–Trinajstić information content (AvgIpc) is 2.99. The van der Waals surface area contributed by atoms with Crippen LogP contribution in [0.5, 0.6) is 0 Å². The van der Waals surface area contributed by atoms with E-state index in [2.05, 4.69) is 6.58 Å². The molecule has 4 nitrogen and oxygen atoms in total. The van der Waals surface area contributed by atoms with E-state index in [0.29, 0.717) is 0 Å². The zero-order chi connectivity index (χ0) is 15.8. The first-order valence-electron chi connectivity index (χ1n) is 9.36. The van der Waals surface area contributed by atoms with E-state index in [0.717, 1.165) is 70.4 Å². The fraction of sp³-hybridized carbons (Fsp3) is 0.895. The van der Waals surface area contributed by atoms with Crippen LogP contribution in [0.1, 0.15) is 64.2 Å². The Morgan fingerprint density at radius 2 is 0.957 bits per heavy atom. The van der Waals surface area contributed by atoms with E-state index in [9.17, 15) is 0 Å². The predicted molar refractivity (Wildman–Crippen MR) is 87.0 cm³/mol. The molecule has 130 valence electrons. The third kappa shape index (κ3) is 3.51. The molecule has 2 aliphatic heterocycles. The van der Waals surface area contributed by atoms with E-state index in [1.165, 1.54) is 31.3 Å². The van der Waals surface area contributed by atoms with Gasteiger partial charge in [0.25, 0.3) is 0 Å². The molecule has 5 aliphatic rings. The molecule has 3 saturated carbocycles. The Balaban J connectivity index is 0.000000118. The van der Waals surface area contributed by atoms with Crippen molar-refractivity contribution in [1.82, 2.24) is 0 Å². The van der Waals surface area contributed by atoms with Crippen LogP contribution in [0.2, 0.25) is 0 Å². The van der Waals surface area contributed by atoms with Gasteiger partial charge in [-0.2, -0.15) is 0 Å². The maximum absolute atomic E-state index is 5.68. The van der Waals surface area contributed by atoms with Crippen molar-refractivity contribution >= 4 is 0 Å². The molecule has 0 N–H and O–H groups in total. The summed E-state index contributed by atoms with van der Waals surface area (Å²) in [4.78, 5) is 0. The van der Waals surface area contributed by atoms with Gasteiger partial charge < -0.3 is 18.9 Å². The van der Waals surface area contributed by atoms with Gasteiger partial charge in [-0.1, -0.05) is 12.2 Å². The van der Waals surface area contributed by atoms with Crippen molar-refractivity contribution in [2.24, 2.45) is 5.41 Å². The molecule has 4 heteroatoms. The molecule has 5 fully saturated rings. The molecule has 3 aliphatic carbocycles. The van der Waals surface area contributed by atoms with Gasteiger partial charge in [0, 0.05) is 25.7 Å². The third-order valence-electron chi connectivity index (χ3n) is 6.38. The molecular weight excluding hydrogens is 292 g/mol. The maximum atomic E-state index is 5.68. The van der Waals surface area contributed by atoms with Crippen molar-refractivity contribution < 1.29 is 18.9 Å². The first-order chi connectivity index (χ1) is 11.1. The molecule has 0 aromatic rings. The summed E-state index contributed by atoms with van der Waals surface area (Å²) in [6.07, 6.45) is 12.0. The number of hydrogen-bond acceptors (Lipinski definition) is 4. The normalized spacial score (nSPS) is 33.0. The van der Waals surface area contributed by atoms with Crippen LogP contribution in [0.4, 0.5) is 0 Å². The van der Waals surface area contributed by atoms with Crippen molar-refractivity contribution in [3.63, 3.8) is 0 Å². The zero-order valence-electron chi connectivity index (χ0n) is 14.2. The van der Waals surface area contributed by atoms with Gasteiger partial charge in [0.2, 0.25) is 0 Å². The lowest BCUT2D eigenvalue weighted by Crippen LogP contribution is -2.35. The van der Waals surface area contributed by atoms with Crippen molar-refractivity contribution in [2.75, 3.05) is 26.4 Å². The Morgan fingerprint density at radius 3 is 1.39 bits per heavy atom. The molecule has 2 heterocycles. The van der Waals surface area contributed by atoms with Crippen LogP contribution in [-0.4, -0.2) is 38.0 Å². The summed E-state index contributed by atoms with van der Waals surface area (Å²) in [7, 11) is 0. The van der Waals surface area contributed by atoms with E-state index in [-0.39, 0.29) is 11.6 Å². The van der Waals surface area contributed by atoms with Gasteiger partial charge in [-0.15, -0.1) is 0 Å². The van der Waals surface area contributed by atoms with Gasteiger partial charge in [0.05, 0.1) is 26.4 Å². The second-order valence-electron chi connectivity index (χ2n) is 7.97. The Bertz CT molecular complexity index is 418. The van der Waals surface area contributed by atoms with Crippen molar-refractivity contribution in [1.29, 1.82) is 0 Å². The van der Waals surface area contributed by atoms with Crippen molar-refractivity contribution in [3.8, 4) is 0 Å². The monoisotopic (exact) mass is 322 g/mol. The minimum Gasteiger partial charge on any atom is -0.348 e. The summed E-state index contributed by atoms with van der Waals surface area (Å²) >= 11 is 0. The fourth-order valence-corrected chi connectivity index (χ4v) is 4.39. The summed E-state index contributed by atoms with van der Waals surface area (Å²) < 4.78 is 22.5. The van der Waals surface area contributed by atoms with Crippen molar-refractivity contribution in [3.05, 3.63) is 12.2 Å². The minimum atomic E-state index is -0.207. The first-order valence-corrected chi connectivity index (χ1v) is 9.36. The lowest BCUT2D eigenvalue weighted by atomic mass is 9.82. The Labute approximate surface area is 139 Å². The molecule has 0 aromatic carbocycles. The lowest BCUT2D eigenvalue weighted by molar-refractivity contribution is -0.184. The largest absolute Gasteiger partial charge is 0.348 e. The predicted octanol–water partition coefficient (Wildman–Crippen LogP) is 3.94. The van der Waals surface area contributed by atoms with E-state index in [1.807, 2.05) is 0 Å². The van der Waals surface area contributed by atoms with Crippen LogP contribution < -0.4 is 0 Å². The second kappa shape index (κ2) is 6.14. The van der Waals surface area contributed by atoms with E-state index in [1.54, 1.807) is 0 Å². The molecule has 5 rings (SSSR count). The molecule has 3 spiro atoms. The molecule has 0 atom stereocenters. The van der Waals surface area contributed by atoms with E-state index < -0.39 is 0 Å². The highest BCUT2D eigenvalue weighted by Gasteiger charge is 2.51. The van der Waals surface area contributed by atoms with E-state index in [4.69, 9.17) is 18.9 Å². The van der Waals surface area contributed by atoms with Gasteiger partial charge >= 0.3 is 0 Å². The summed E-state index contributed by atoms with van der Waals surface area (Å²) in [5.41, 5.74) is 2.09. The Morgan fingerprint density at radius 1 is 0.565 bits per heavy atom.